The molecule has 0 aromatic heterocycles. The van der Waals surface area contributed by atoms with Gasteiger partial charge in [-0.3, -0.25) is 0 Å². The maximum atomic E-state index is 6.18. The zero-order valence-electron chi connectivity index (χ0n) is 21.6. The van der Waals surface area contributed by atoms with Crippen LogP contribution in [0.3, 0.4) is 0 Å². The Labute approximate surface area is 219 Å². The van der Waals surface area contributed by atoms with Crippen molar-refractivity contribution in [3.8, 4) is 28.7 Å². The molecule has 0 N–H and O–H groups in total. The second kappa shape index (κ2) is 10.3. The molecule has 0 saturated carbocycles. The lowest BCUT2D eigenvalue weighted by Gasteiger charge is -2.32. The number of ether oxygens (including phenoxy) is 3. The molecule has 0 atom stereocenters. The van der Waals surface area contributed by atoms with Gasteiger partial charge in [0, 0.05) is 12.1 Å². The summed E-state index contributed by atoms with van der Waals surface area (Å²) in [6, 6.07) is 33.0. The Hall–Kier alpha value is -3.74. The molecule has 4 aromatic carbocycles. The Morgan fingerprint density at radius 1 is 0.568 bits per heavy atom. The van der Waals surface area contributed by atoms with Gasteiger partial charge in [0.2, 0.25) is 0 Å². The summed E-state index contributed by atoms with van der Waals surface area (Å²) in [6.07, 6.45) is 0. The van der Waals surface area contributed by atoms with Crippen molar-refractivity contribution >= 4 is 12.6 Å². The summed E-state index contributed by atoms with van der Waals surface area (Å²) in [4.78, 5) is 0. The predicted molar refractivity (Wildman–Crippen MR) is 146 cm³/mol. The van der Waals surface area contributed by atoms with Crippen molar-refractivity contribution in [2.45, 2.75) is 45.5 Å². The largest absolute Gasteiger partial charge is 0.494 e. The molecule has 1 aliphatic heterocycles. The number of hydrogen-bond donors (Lipinski definition) is 0. The molecule has 1 aliphatic rings. The standard InChI is InChI=1S/C31H31BO5/c1-30(2)31(3,4)37-32(36-30)24-13-8-15-26(19-24)34-28-17-10-18-29(21-28)35-27-16-9-14-25(20-27)33-22-23-11-6-5-7-12-23/h5-21H,22H2,1-4H3. The second-order valence-electron chi connectivity index (χ2n) is 10.1. The van der Waals surface area contributed by atoms with Crippen LogP contribution in [0.5, 0.6) is 28.7 Å². The predicted octanol–water partition coefficient (Wildman–Crippen LogP) is 7.15. The van der Waals surface area contributed by atoms with E-state index in [1.54, 1.807) is 0 Å². The topological polar surface area (TPSA) is 46.2 Å². The molecule has 0 unspecified atom stereocenters. The van der Waals surface area contributed by atoms with E-state index in [1.807, 2.05) is 131 Å². The molecule has 0 aliphatic carbocycles. The third-order valence-electron chi connectivity index (χ3n) is 6.71. The van der Waals surface area contributed by atoms with Gasteiger partial charge < -0.3 is 23.5 Å². The van der Waals surface area contributed by atoms with E-state index in [0.29, 0.717) is 29.6 Å². The van der Waals surface area contributed by atoms with E-state index in [4.69, 9.17) is 23.5 Å². The first-order valence-corrected chi connectivity index (χ1v) is 12.5. The van der Waals surface area contributed by atoms with Crippen molar-refractivity contribution in [3.05, 3.63) is 109 Å². The SMILES string of the molecule is CC1(C)OB(c2cccc(Oc3cccc(Oc4cccc(OCc5ccccc5)c4)c3)c2)OC1(C)C. The molecule has 0 spiro atoms. The van der Waals surface area contributed by atoms with Crippen molar-refractivity contribution < 1.29 is 23.5 Å². The van der Waals surface area contributed by atoms with Crippen LogP contribution in [0.4, 0.5) is 0 Å². The molecule has 0 radical (unpaired) electrons. The van der Waals surface area contributed by atoms with Gasteiger partial charge >= 0.3 is 7.12 Å². The summed E-state index contributed by atoms with van der Waals surface area (Å²) in [7, 11) is -0.445. The van der Waals surface area contributed by atoms with Crippen LogP contribution in [0.1, 0.15) is 33.3 Å². The first-order valence-electron chi connectivity index (χ1n) is 12.5. The van der Waals surface area contributed by atoms with E-state index in [2.05, 4.69) is 0 Å². The van der Waals surface area contributed by atoms with Crippen LogP contribution in [-0.2, 0) is 15.9 Å². The summed E-state index contributed by atoms with van der Waals surface area (Å²) < 4.78 is 30.6. The highest BCUT2D eigenvalue weighted by Gasteiger charge is 2.51. The monoisotopic (exact) mass is 494 g/mol. The number of benzene rings is 4. The van der Waals surface area contributed by atoms with Crippen molar-refractivity contribution in [2.75, 3.05) is 0 Å². The summed E-state index contributed by atoms with van der Waals surface area (Å²) in [5, 5.41) is 0. The van der Waals surface area contributed by atoms with Gasteiger partial charge in [0.1, 0.15) is 35.4 Å². The maximum absolute atomic E-state index is 6.18. The molecular weight excluding hydrogens is 463 g/mol. The van der Waals surface area contributed by atoms with Gasteiger partial charge in [-0.1, -0.05) is 54.6 Å². The average molecular weight is 494 g/mol. The fourth-order valence-electron chi connectivity index (χ4n) is 3.95. The Balaban J connectivity index is 1.24. The highest BCUT2D eigenvalue weighted by molar-refractivity contribution is 6.62. The smallest absolute Gasteiger partial charge is 0.489 e. The zero-order valence-corrected chi connectivity index (χ0v) is 21.6. The first kappa shape index (κ1) is 24.9. The third kappa shape index (κ3) is 5.99. The number of rotatable bonds is 8. The van der Waals surface area contributed by atoms with Crippen LogP contribution in [-0.4, -0.2) is 18.3 Å². The molecule has 1 saturated heterocycles. The van der Waals surface area contributed by atoms with Crippen molar-refractivity contribution in [3.63, 3.8) is 0 Å². The Bertz CT molecular complexity index is 1340. The van der Waals surface area contributed by atoms with Crippen LogP contribution >= 0.6 is 0 Å². The van der Waals surface area contributed by atoms with E-state index in [1.165, 1.54) is 0 Å². The van der Waals surface area contributed by atoms with Crippen LogP contribution in [0.2, 0.25) is 0 Å². The lowest BCUT2D eigenvalue weighted by atomic mass is 9.79. The van der Waals surface area contributed by atoms with E-state index in [0.717, 1.165) is 16.8 Å². The first-order chi connectivity index (χ1) is 17.8. The molecule has 188 valence electrons. The van der Waals surface area contributed by atoms with Gasteiger partial charge in [-0.25, -0.2) is 0 Å². The molecule has 37 heavy (non-hydrogen) atoms. The molecule has 1 fully saturated rings. The van der Waals surface area contributed by atoms with Gasteiger partial charge in [-0.2, -0.15) is 0 Å². The van der Waals surface area contributed by atoms with Gasteiger partial charge in [0.25, 0.3) is 0 Å². The fraction of sp³-hybridized carbons (Fsp3) is 0.226. The summed E-state index contributed by atoms with van der Waals surface area (Å²) in [5.74, 6) is 3.46. The second-order valence-corrected chi connectivity index (χ2v) is 10.1. The Morgan fingerprint density at radius 3 is 1.65 bits per heavy atom. The Kier molecular flexibility index (Phi) is 6.96. The van der Waals surface area contributed by atoms with Crippen molar-refractivity contribution in [1.29, 1.82) is 0 Å². The van der Waals surface area contributed by atoms with Crippen molar-refractivity contribution in [1.82, 2.24) is 0 Å². The van der Waals surface area contributed by atoms with Gasteiger partial charge in [0.05, 0.1) is 11.2 Å². The van der Waals surface area contributed by atoms with Crippen LogP contribution in [0.25, 0.3) is 0 Å². The summed E-state index contributed by atoms with van der Waals surface area (Å²) in [6.45, 7) is 8.68. The normalized spacial score (nSPS) is 15.8. The fourth-order valence-corrected chi connectivity index (χ4v) is 3.95. The van der Waals surface area contributed by atoms with Gasteiger partial charge in [-0.05, 0) is 75.1 Å². The molecule has 0 amide bonds. The summed E-state index contributed by atoms with van der Waals surface area (Å²) >= 11 is 0. The third-order valence-corrected chi connectivity index (χ3v) is 6.71. The highest BCUT2D eigenvalue weighted by Crippen LogP contribution is 2.37. The van der Waals surface area contributed by atoms with E-state index in [9.17, 15) is 0 Å². The van der Waals surface area contributed by atoms with Crippen LogP contribution in [0, 0.1) is 0 Å². The zero-order chi connectivity index (χ0) is 25.9. The molecule has 6 heteroatoms. The highest BCUT2D eigenvalue weighted by atomic mass is 16.7. The molecule has 1 heterocycles. The maximum Gasteiger partial charge on any atom is 0.494 e. The van der Waals surface area contributed by atoms with Gasteiger partial charge in [0.15, 0.2) is 0 Å². The minimum absolute atomic E-state index is 0.399. The molecule has 5 rings (SSSR count). The minimum Gasteiger partial charge on any atom is -0.489 e. The molecule has 5 nitrogen and oxygen atoms in total. The lowest BCUT2D eigenvalue weighted by Crippen LogP contribution is -2.41. The van der Waals surface area contributed by atoms with E-state index in [-0.39, 0.29) is 0 Å². The minimum atomic E-state index is -0.445. The Morgan fingerprint density at radius 2 is 1.05 bits per heavy atom. The van der Waals surface area contributed by atoms with Crippen LogP contribution in [0.15, 0.2) is 103 Å². The average Bonchev–Trinajstić information content (AvgIpc) is 3.11. The molecule has 0 bridgehead atoms. The molecule has 4 aromatic rings. The molecular formula is C31H31BO5. The summed E-state index contributed by atoms with van der Waals surface area (Å²) in [5.41, 5.74) is 1.23. The number of hydrogen-bond acceptors (Lipinski definition) is 5. The van der Waals surface area contributed by atoms with E-state index >= 15 is 0 Å². The lowest BCUT2D eigenvalue weighted by molar-refractivity contribution is 0.00578. The van der Waals surface area contributed by atoms with Gasteiger partial charge in [-0.15, -0.1) is 0 Å². The van der Waals surface area contributed by atoms with E-state index < -0.39 is 18.3 Å². The van der Waals surface area contributed by atoms with Crippen molar-refractivity contribution in [2.24, 2.45) is 0 Å². The van der Waals surface area contributed by atoms with Crippen LogP contribution < -0.4 is 19.7 Å². The quantitative estimate of drug-likeness (QED) is 0.244.